The van der Waals surface area contributed by atoms with E-state index in [9.17, 15) is 10.1 Å². The molecule has 0 radical (unpaired) electrons. The number of nitrogens with zero attached hydrogens (tertiary/aromatic N) is 1. The Hall–Kier alpha value is -2.04. The molecule has 1 rings (SSSR count). The number of ether oxygens (including phenoxy) is 2. The molecule has 0 saturated heterocycles. The lowest BCUT2D eigenvalue weighted by atomic mass is 10.2. The molecule has 0 fully saturated rings. The fourth-order valence-electron chi connectivity index (χ4n) is 1.18. The first-order chi connectivity index (χ1) is 7.67. The van der Waals surface area contributed by atoms with Crippen molar-refractivity contribution in [2.75, 3.05) is 13.7 Å². The summed E-state index contributed by atoms with van der Waals surface area (Å²) in [7, 11) is 1.52. The van der Waals surface area contributed by atoms with Crippen LogP contribution in [0.3, 0.4) is 0 Å². The standard InChI is InChI=1S/C11H12NO4/c1-3-16-10-5-4-9(6-7-12(13)14)8-11(10)15-2/h4-6,8H,3H2,1-2H3/q-1. The zero-order valence-electron chi connectivity index (χ0n) is 9.10. The van der Waals surface area contributed by atoms with Gasteiger partial charge in [-0.3, -0.25) is 10.1 Å². The third kappa shape index (κ3) is 3.27. The second-order valence-corrected chi connectivity index (χ2v) is 2.87. The number of nitro groups is 1. The number of hydrogen-bond acceptors (Lipinski definition) is 4. The summed E-state index contributed by atoms with van der Waals surface area (Å²) in [6.45, 7) is 2.40. The lowest BCUT2D eigenvalue weighted by molar-refractivity contribution is -0.417. The average Bonchev–Trinajstić information content (AvgIpc) is 2.28. The molecule has 86 valence electrons. The highest BCUT2D eigenvalue weighted by Gasteiger charge is 2.00. The minimum Gasteiger partial charge on any atom is -0.494 e. The molecule has 0 aromatic heterocycles. The van der Waals surface area contributed by atoms with Crippen LogP contribution in [0.4, 0.5) is 0 Å². The molecule has 0 heterocycles. The van der Waals surface area contributed by atoms with Crippen LogP contribution in [0.25, 0.3) is 6.08 Å². The normalized spacial score (nSPS) is 10.4. The van der Waals surface area contributed by atoms with Crippen molar-refractivity contribution in [3.63, 3.8) is 0 Å². The Kier molecular flexibility index (Phi) is 4.32. The van der Waals surface area contributed by atoms with Crippen molar-refractivity contribution in [1.29, 1.82) is 0 Å². The van der Waals surface area contributed by atoms with E-state index in [0.717, 1.165) is 0 Å². The highest BCUT2D eigenvalue weighted by molar-refractivity contribution is 5.54. The SMILES string of the molecule is CCOc1ccc(C=[C-][N+](=O)[O-])cc1OC. The highest BCUT2D eigenvalue weighted by Crippen LogP contribution is 2.28. The van der Waals surface area contributed by atoms with Crippen LogP contribution in [-0.4, -0.2) is 18.6 Å². The van der Waals surface area contributed by atoms with Gasteiger partial charge >= 0.3 is 0 Å². The zero-order valence-corrected chi connectivity index (χ0v) is 9.10. The Balaban J connectivity index is 2.94. The molecule has 0 bridgehead atoms. The molecule has 0 N–H and O–H groups in total. The van der Waals surface area contributed by atoms with Crippen molar-refractivity contribution in [1.82, 2.24) is 0 Å². The van der Waals surface area contributed by atoms with Crippen LogP contribution in [0, 0.1) is 16.3 Å². The van der Waals surface area contributed by atoms with Crippen LogP contribution < -0.4 is 9.47 Å². The Labute approximate surface area is 93.4 Å². The Morgan fingerprint density at radius 3 is 2.81 bits per heavy atom. The smallest absolute Gasteiger partial charge is 0.158 e. The first-order valence-electron chi connectivity index (χ1n) is 4.72. The molecular formula is C11H12NO4-. The van der Waals surface area contributed by atoms with Crippen LogP contribution in [0.15, 0.2) is 18.2 Å². The highest BCUT2D eigenvalue weighted by atomic mass is 16.6. The van der Waals surface area contributed by atoms with E-state index in [-0.39, 0.29) is 0 Å². The lowest BCUT2D eigenvalue weighted by Gasteiger charge is -2.12. The van der Waals surface area contributed by atoms with Crippen LogP contribution >= 0.6 is 0 Å². The first-order valence-corrected chi connectivity index (χ1v) is 4.72. The van der Waals surface area contributed by atoms with E-state index < -0.39 is 4.92 Å². The lowest BCUT2D eigenvalue weighted by Crippen LogP contribution is -1.95. The minimum absolute atomic E-state index is 0.534. The Morgan fingerprint density at radius 1 is 1.50 bits per heavy atom. The quantitative estimate of drug-likeness (QED) is 0.331. The van der Waals surface area contributed by atoms with E-state index in [4.69, 9.17) is 9.47 Å². The number of methoxy groups -OCH3 is 1. The predicted octanol–water partition coefficient (Wildman–Crippen LogP) is 2.14. The molecule has 1 aromatic carbocycles. The summed E-state index contributed by atoms with van der Waals surface area (Å²) in [4.78, 5) is 9.47. The van der Waals surface area contributed by atoms with Gasteiger partial charge in [-0.2, -0.15) is 11.6 Å². The van der Waals surface area contributed by atoms with Crippen LogP contribution in [0.5, 0.6) is 11.5 Å². The van der Waals surface area contributed by atoms with Gasteiger partial charge in [-0.05, 0) is 17.9 Å². The maximum Gasteiger partial charge on any atom is 0.158 e. The summed E-state index contributed by atoms with van der Waals surface area (Å²) in [5, 5.41) is 10.1. The van der Waals surface area contributed by atoms with Crippen molar-refractivity contribution in [3.8, 4) is 11.5 Å². The molecule has 0 aliphatic rings. The molecule has 0 amide bonds. The maximum absolute atomic E-state index is 10.1. The van der Waals surface area contributed by atoms with Crippen molar-refractivity contribution >= 4 is 6.08 Å². The van der Waals surface area contributed by atoms with E-state index >= 15 is 0 Å². The molecule has 1 aromatic rings. The van der Waals surface area contributed by atoms with Crippen LogP contribution in [-0.2, 0) is 0 Å². The van der Waals surface area contributed by atoms with Crippen LogP contribution in [0.1, 0.15) is 12.5 Å². The molecule has 5 heteroatoms. The number of rotatable bonds is 5. The Bertz CT molecular complexity index is 401. The molecule has 0 aliphatic carbocycles. The third-order valence-corrected chi connectivity index (χ3v) is 1.82. The third-order valence-electron chi connectivity index (χ3n) is 1.82. The van der Waals surface area contributed by atoms with Gasteiger partial charge in [0.2, 0.25) is 0 Å². The van der Waals surface area contributed by atoms with Crippen molar-refractivity contribution in [3.05, 3.63) is 40.1 Å². The summed E-state index contributed by atoms with van der Waals surface area (Å²) in [5.41, 5.74) is 0.636. The number of benzene rings is 1. The largest absolute Gasteiger partial charge is 0.494 e. The minimum atomic E-state index is -0.636. The van der Waals surface area contributed by atoms with Crippen molar-refractivity contribution in [2.45, 2.75) is 6.92 Å². The van der Waals surface area contributed by atoms with E-state index in [2.05, 4.69) is 0 Å². The molecule has 0 unspecified atom stereocenters. The second-order valence-electron chi connectivity index (χ2n) is 2.87. The maximum atomic E-state index is 10.1. The Morgan fingerprint density at radius 2 is 2.25 bits per heavy atom. The van der Waals surface area contributed by atoms with Crippen LogP contribution in [0.2, 0.25) is 0 Å². The second kappa shape index (κ2) is 5.75. The van der Waals surface area contributed by atoms with Crippen molar-refractivity contribution < 1.29 is 14.4 Å². The molecule has 0 aliphatic heterocycles. The van der Waals surface area contributed by atoms with Gasteiger partial charge in [0, 0.05) is 0 Å². The number of hydrogen-bond donors (Lipinski definition) is 0. The molecule has 0 atom stereocenters. The van der Waals surface area contributed by atoms with E-state index in [0.29, 0.717) is 23.7 Å². The summed E-state index contributed by atoms with van der Waals surface area (Å²) in [6.07, 6.45) is 3.24. The van der Waals surface area contributed by atoms with Crippen molar-refractivity contribution in [2.24, 2.45) is 0 Å². The molecule has 0 saturated carbocycles. The van der Waals surface area contributed by atoms with E-state index in [1.54, 1.807) is 18.2 Å². The van der Waals surface area contributed by atoms with Gasteiger partial charge in [-0.25, -0.2) is 0 Å². The van der Waals surface area contributed by atoms with Gasteiger partial charge in [0.15, 0.2) is 5.75 Å². The zero-order chi connectivity index (χ0) is 12.0. The molecule has 16 heavy (non-hydrogen) atoms. The fraction of sp³-hybridized carbons (Fsp3) is 0.273. The topological polar surface area (TPSA) is 61.6 Å². The van der Waals surface area contributed by atoms with E-state index in [1.807, 2.05) is 13.1 Å². The van der Waals surface area contributed by atoms with Gasteiger partial charge in [0.25, 0.3) is 0 Å². The fourth-order valence-corrected chi connectivity index (χ4v) is 1.18. The molecular weight excluding hydrogens is 210 g/mol. The summed E-state index contributed by atoms with van der Waals surface area (Å²) >= 11 is 0. The van der Waals surface area contributed by atoms with Gasteiger partial charge < -0.3 is 9.47 Å². The van der Waals surface area contributed by atoms with Gasteiger partial charge in [-0.1, -0.05) is 6.07 Å². The first kappa shape index (κ1) is 12.0. The predicted molar refractivity (Wildman–Crippen MR) is 58.9 cm³/mol. The van der Waals surface area contributed by atoms with Gasteiger partial charge in [-0.15, -0.1) is 6.07 Å². The summed E-state index contributed by atoms with van der Waals surface area (Å²) < 4.78 is 10.4. The molecule has 5 nitrogen and oxygen atoms in total. The van der Waals surface area contributed by atoms with Gasteiger partial charge in [0.1, 0.15) is 11.9 Å². The van der Waals surface area contributed by atoms with E-state index in [1.165, 1.54) is 13.2 Å². The van der Waals surface area contributed by atoms with Gasteiger partial charge in [0.05, 0.1) is 13.7 Å². The monoisotopic (exact) mass is 222 g/mol. The summed E-state index contributed by atoms with van der Waals surface area (Å²) in [6, 6.07) is 5.06. The summed E-state index contributed by atoms with van der Waals surface area (Å²) in [5.74, 6) is 1.16. The molecule has 0 spiro atoms. The average molecular weight is 222 g/mol.